The highest BCUT2D eigenvalue weighted by Crippen LogP contribution is 2.39. The Kier molecular flexibility index (Phi) is 4.80. The Hall–Kier alpha value is -1.98. The Morgan fingerprint density at radius 1 is 1.15 bits per heavy atom. The first-order valence-corrected chi connectivity index (χ1v) is 11.5. The van der Waals surface area contributed by atoms with Gasteiger partial charge in [-0.2, -0.15) is 0 Å². The first-order chi connectivity index (χ1) is 13.4. The Morgan fingerprint density at radius 3 is 3.00 bits per heavy atom. The zero-order chi connectivity index (χ0) is 18.1. The van der Waals surface area contributed by atoms with Crippen molar-refractivity contribution < 1.29 is 0 Å². The van der Waals surface area contributed by atoms with Crippen LogP contribution in [-0.2, 0) is 6.42 Å². The molecule has 3 aromatic rings. The van der Waals surface area contributed by atoms with Crippen LogP contribution in [0.25, 0.3) is 16.3 Å². The number of nitrogens with zero attached hydrogens (tertiary/aromatic N) is 2. The van der Waals surface area contributed by atoms with Crippen LogP contribution in [0.15, 0.2) is 53.6 Å². The quantitative estimate of drug-likeness (QED) is 0.623. The van der Waals surface area contributed by atoms with Crippen molar-refractivity contribution in [1.82, 2.24) is 9.88 Å². The lowest BCUT2D eigenvalue weighted by Gasteiger charge is -2.18. The maximum absolute atomic E-state index is 4.67. The topological polar surface area (TPSA) is 28.2 Å². The summed E-state index contributed by atoms with van der Waals surface area (Å²) >= 11 is 3.75. The van der Waals surface area contributed by atoms with Gasteiger partial charge < -0.3 is 10.2 Å². The molecule has 2 saturated heterocycles. The Balaban J connectivity index is 1.28. The summed E-state index contributed by atoms with van der Waals surface area (Å²) in [7, 11) is 0. The van der Waals surface area contributed by atoms with E-state index in [1.165, 1.54) is 46.0 Å². The van der Waals surface area contributed by atoms with Crippen LogP contribution in [0.2, 0.25) is 0 Å². The molecular weight excluding hydrogens is 370 g/mol. The number of thioether (sulfide) groups is 1. The normalized spacial score (nSPS) is 20.5. The summed E-state index contributed by atoms with van der Waals surface area (Å²) in [5.41, 5.74) is 3.84. The van der Waals surface area contributed by atoms with Gasteiger partial charge in [-0.25, -0.2) is 4.98 Å². The van der Waals surface area contributed by atoms with E-state index in [9.17, 15) is 0 Å². The van der Waals surface area contributed by atoms with Gasteiger partial charge in [0.2, 0.25) is 0 Å². The molecule has 3 nitrogen and oxygen atoms in total. The molecule has 3 heterocycles. The number of nitrogens with one attached hydrogen (secondary N) is 1. The summed E-state index contributed by atoms with van der Waals surface area (Å²) in [6.45, 7) is 2.13. The van der Waals surface area contributed by atoms with E-state index in [1.54, 1.807) is 11.3 Å². The second-order valence-corrected chi connectivity index (χ2v) is 9.22. The number of anilines is 1. The van der Waals surface area contributed by atoms with Crippen LogP contribution in [0.1, 0.15) is 24.0 Å². The standard InChI is InChI=1S/C22H23N3S2/c1-2-7-17(14-21-25-13-5-8-18(25)15-26-21)16(6-1)11-12-23-22-24-19-9-3-4-10-20(19)27-22/h1-4,6-7,9-10,14,18H,5,8,11-13,15H2,(H,23,24)/b21-14+/t18-/m0/s1. The largest absolute Gasteiger partial charge is 0.363 e. The molecular formula is C22H23N3S2. The van der Waals surface area contributed by atoms with Gasteiger partial charge in [-0.1, -0.05) is 47.7 Å². The lowest BCUT2D eigenvalue weighted by molar-refractivity contribution is 0.385. The summed E-state index contributed by atoms with van der Waals surface area (Å²) in [5, 5.41) is 5.99. The molecule has 1 aromatic heterocycles. The van der Waals surface area contributed by atoms with E-state index in [2.05, 4.69) is 63.7 Å². The van der Waals surface area contributed by atoms with E-state index in [-0.39, 0.29) is 0 Å². The number of benzene rings is 2. The highest BCUT2D eigenvalue weighted by Gasteiger charge is 2.32. The van der Waals surface area contributed by atoms with Crippen molar-refractivity contribution in [3.63, 3.8) is 0 Å². The first kappa shape index (κ1) is 17.1. The summed E-state index contributed by atoms with van der Waals surface area (Å²) in [6.07, 6.45) is 6.11. The minimum Gasteiger partial charge on any atom is -0.363 e. The van der Waals surface area contributed by atoms with Crippen LogP contribution in [0.5, 0.6) is 0 Å². The van der Waals surface area contributed by atoms with Gasteiger partial charge in [0.15, 0.2) is 5.13 Å². The molecule has 2 aliphatic heterocycles. The molecule has 2 fully saturated rings. The monoisotopic (exact) mass is 393 g/mol. The predicted molar refractivity (Wildman–Crippen MR) is 118 cm³/mol. The van der Waals surface area contributed by atoms with Crippen LogP contribution in [0.4, 0.5) is 5.13 Å². The van der Waals surface area contributed by atoms with E-state index in [0.29, 0.717) is 0 Å². The number of aromatic nitrogens is 1. The number of thiazole rings is 1. The number of hydrogen-bond donors (Lipinski definition) is 1. The zero-order valence-electron chi connectivity index (χ0n) is 15.2. The molecule has 5 heteroatoms. The number of rotatable bonds is 5. The van der Waals surface area contributed by atoms with Crippen LogP contribution in [-0.4, -0.2) is 34.8 Å². The van der Waals surface area contributed by atoms with Gasteiger partial charge >= 0.3 is 0 Å². The maximum Gasteiger partial charge on any atom is 0.183 e. The van der Waals surface area contributed by atoms with E-state index in [1.807, 2.05) is 17.8 Å². The Bertz CT molecular complexity index is 945. The van der Waals surface area contributed by atoms with Crippen molar-refractivity contribution in [3.05, 3.63) is 64.7 Å². The highest BCUT2D eigenvalue weighted by molar-refractivity contribution is 8.03. The molecule has 1 atom stereocenters. The average molecular weight is 394 g/mol. The minimum atomic E-state index is 0.772. The molecule has 0 radical (unpaired) electrons. The number of hydrogen-bond acceptors (Lipinski definition) is 5. The van der Waals surface area contributed by atoms with Crippen LogP contribution in [0, 0.1) is 0 Å². The number of para-hydroxylation sites is 1. The average Bonchev–Trinajstić information content (AvgIpc) is 3.39. The fraction of sp³-hybridized carbons (Fsp3) is 0.318. The van der Waals surface area contributed by atoms with Crippen molar-refractivity contribution in [2.75, 3.05) is 24.2 Å². The van der Waals surface area contributed by atoms with Gasteiger partial charge in [-0.05, 0) is 48.6 Å². The van der Waals surface area contributed by atoms with Crippen molar-refractivity contribution in [2.24, 2.45) is 0 Å². The Labute approximate surface area is 168 Å². The molecule has 27 heavy (non-hydrogen) atoms. The SMILES string of the molecule is C(=C1\SC[C@@H]2CCCN12)/c1ccccc1CCNc1nc2ccccc2s1. The van der Waals surface area contributed by atoms with E-state index in [4.69, 9.17) is 0 Å². The predicted octanol–water partition coefficient (Wildman–Crippen LogP) is 5.46. The highest BCUT2D eigenvalue weighted by atomic mass is 32.2. The van der Waals surface area contributed by atoms with Gasteiger partial charge in [0.05, 0.1) is 15.2 Å². The molecule has 0 saturated carbocycles. The molecule has 0 spiro atoms. The third-order valence-electron chi connectivity index (χ3n) is 5.38. The molecule has 138 valence electrons. The lowest BCUT2D eigenvalue weighted by Crippen LogP contribution is -2.22. The van der Waals surface area contributed by atoms with Gasteiger partial charge in [0.25, 0.3) is 0 Å². The molecule has 0 aliphatic carbocycles. The van der Waals surface area contributed by atoms with Crippen LogP contribution < -0.4 is 5.32 Å². The molecule has 0 unspecified atom stereocenters. The summed E-state index contributed by atoms with van der Waals surface area (Å²) in [6, 6.07) is 17.9. The Morgan fingerprint density at radius 2 is 2.04 bits per heavy atom. The fourth-order valence-electron chi connectivity index (χ4n) is 3.98. The molecule has 5 rings (SSSR count). The van der Waals surface area contributed by atoms with E-state index in [0.717, 1.165) is 29.7 Å². The molecule has 2 aliphatic rings. The van der Waals surface area contributed by atoms with E-state index < -0.39 is 0 Å². The third kappa shape index (κ3) is 3.58. The molecule has 2 aromatic carbocycles. The van der Waals surface area contributed by atoms with Crippen molar-refractivity contribution in [3.8, 4) is 0 Å². The minimum absolute atomic E-state index is 0.772. The lowest BCUT2D eigenvalue weighted by atomic mass is 10.0. The van der Waals surface area contributed by atoms with Crippen LogP contribution in [0.3, 0.4) is 0 Å². The second-order valence-electron chi connectivity index (χ2n) is 7.15. The van der Waals surface area contributed by atoms with Gasteiger partial charge in [0.1, 0.15) is 0 Å². The summed E-state index contributed by atoms with van der Waals surface area (Å²) < 4.78 is 1.24. The summed E-state index contributed by atoms with van der Waals surface area (Å²) in [5.74, 6) is 1.26. The van der Waals surface area contributed by atoms with Crippen LogP contribution >= 0.6 is 23.1 Å². The van der Waals surface area contributed by atoms with Gasteiger partial charge in [0, 0.05) is 24.9 Å². The van der Waals surface area contributed by atoms with Gasteiger partial charge in [-0.15, -0.1) is 11.8 Å². The number of fused-ring (bicyclic) bond motifs is 2. The first-order valence-electron chi connectivity index (χ1n) is 9.65. The van der Waals surface area contributed by atoms with Crippen molar-refractivity contribution in [1.29, 1.82) is 0 Å². The second kappa shape index (κ2) is 7.56. The zero-order valence-corrected chi connectivity index (χ0v) is 16.9. The van der Waals surface area contributed by atoms with Crippen molar-refractivity contribution in [2.45, 2.75) is 25.3 Å². The third-order valence-corrected chi connectivity index (χ3v) is 7.58. The summed E-state index contributed by atoms with van der Waals surface area (Å²) in [4.78, 5) is 7.28. The molecule has 1 N–H and O–H groups in total. The smallest absolute Gasteiger partial charge is 0.183 e. The fourth-order valence-corrected chi connectivity index (χ4v) is 6.19. The molecule has 0 bridgehead atoms. The van der Waals surface area contributed by atoms with Gasteiger partial charge in [-0.3, -0.25) is 0 Å². The van der Waals surface area contributed by atoms with E-state index >= 15 is 0 Å². The maximum atomic E-state index is 4.67. The molecule has 0 amide bonds. The van der Waals surface area contributed by atoms with Crippen molar-refractivity contribution >= 4 is 44.5 Å².